The lowest BCUT2D eigenvalue weighted by Crippen LogP contribution is -2.52. The highest BCUT2D eigenvalue weighted by molar-refractivity contribution is 14.0. The van der Waals surface area contributed by atoms with Crippen LogP contribution in [0.15, 0.2) is 17.1 Å². The second-order valence-corrected chi connectivity index (χ2v) is 7.84. The van der Waals surface area contributed by atoms with Gasteiger partial charge in [-0.25, -0.2) is 0 Å². The van der Waals surface area contributed by atoms with Gasteiger partial charge in [0.1, 0.15) is 0 Å². The Bertz CT molecular complexity index is 708. The summed E-state index contributed by atoms with van der Waals surface area (Å²) in [6.07, 6.45) is 3.86. The summed E-state index contributed by atoms with van der Waals surface area (Å²) >= 11 is 0. The van der Waals surface area contributed by atoms with Crippen LogP contribution >= 0.6 is 24.0 Å². The Morgan fingerprint density at radius 1 is 1.07 bits per heavy atom. The Hall–Kier alpha value is -1.42. The summed E-state index contributed by atoms with van der Waals surface area (Å²) in [5, 5.41) is 3.66. The van der Waals surface area contributed by atoms with E-state index in [1.165, 1.54) is 19.3 Å². The number of ether oxygens (including phenoxy) is 3. The maximum absolute atomic E-state index is 5.64. The molecule has 0 spiro atoms. The highest BCUT2D eigenvalue weighted by Crippen LogP contribution is 2.40. The summed E-state index contributed by atoms with van der Waals surface area (Å²) in [6.45, 7) is 7.00. The van der Waals surface area contributed by atoms with Crippen molar-refractivity contribution in [3.63, 3.8) is 0 Å². The Morgan fingerprint density at radius 3 is 2.33 bits per heavy atom. The number of nitrogens with one attached hydrogen (secondary N) is 1. The number of hydrogen-bond donors (Lipinski definition) is 1. The normalized spacial score (nSPS) is 21.6. The average molecular weight is 532 g/mol. The molecule has 3 rings (SSSR count). The lowest BCUT2D eigenvalue weighted by atomic mass is 10.1. The van der Waals surface area contributed by atoms with Gasteiger partial charge in [0, 0.05) is 51.4 Å². The molecule has 1 N–H and O–H groups in total. The van der Waals surface area contributed by atoms with Crippen LogP contribution in [0.3, 0.4) is 0 Å². The average Bonchev–Trinajstić information content (AvgIpc) is 3.49. The van der Waals surface area contributed by atoms with Crippen molar-refractivity contribution in [2.24, 2.45) is 10.9 Å². The predicted molar refractivity (Wildman–Crippen MR) is 132 cm³/mol. The molecule has 1 aromatic carbocycles. The summed E-state index contributed by atoms with van der Waals surface area (Å²) in [4.78, 5) is 9.35. The molecule has 2 aliphatic rings. The maximum Gasteiger partial charge on any atom is 0.203 e. The molecule has 170 valence electrons. The van der Waals surface area contributed by atoms with Crippen LogP contribution in [0.4, 0.5) is 0 Å². The van der Waals surface area contributed by atoms with Gasteiger partial charge in [-0.05, 0) is 24.8 Å². The number of hydrogen-bond acceptors (Lipinski definition) is 5. The molecule has 8 heteroatoms. The molecule has 1 aromatic rings. The number of benzene rings is 1. The molecule has 0 amide bonds. The number of halogens is 1. The summed E-state index contributed by atoms with van der Waals surface area (Å²) in [7, 11) is 6.86. The molecule has 0 radical (unpaired) electrons. The van der Waals surface area contributed by atoms with Crippen LogP contribution in [0, 0.1) is 5.92 Å². The van der Waals surface area contributed by atoms with E-state index in [1.807, 2.05) is 13.1 Å². The molecule has 1 saturated carbocycles. The third-order valence-electron chi connectivity index (χ3n) is 5.96. The van der Waals surface area contributed by atoms with Crippen molar-refractivity contribution in [3.05, 3.63) is 17.7 Å². The predicted octanol–water partition coefficient (Wildman–Crippen LogP) is 3.21. The molecule has 0 bridgehead atoms. The van der Waals surface area contributed by atoms with Gasteiger partial charge < -0.3 is 24.4 Å². The zero-order chi connectivity index (χ0) is 20.8. The minimum Gasteiger partial charge on any atom is -0.493 e. The topological polar surface area (TPSA) is 58.6 Å². The van der Waals surface area contributed by atoms with E-state index in [9.17, 15) is 0 Å². The number of piperazine rings is 1. The standard InChI is InChI=1S/C22H36N4O3.HI/c1-6-7-16-14-18(16)24-22(23-2)26-12-10-25(11-13-26)15-17-8-9-19(27-3)21(29-5)20(17)28-4;/h8-9,16,18H,6-7,10-15H2,1-5H3,(H,23,24);1H. The zero-order valence-corrected chi connectivity index (χ0v) is 21.3. The molecule has 2 atom stereocenters. The molecular weight excluding hydrogens is 495 g/mol. The number of guanidine groups is 1. The highest BCUT2D eigenvalue weighted by atomic mass is 127. The third kappa shape index (κ3) is 5.84. The van der Waals surface area contributed by atoms with Crippen LogP contribution in [0.1, 0.15) is 31.7 Å². The fourth-order valence-corrected chi connectivity index (χ4v) is 4.22. The van der Waals surface area contributed by atoms with E-state index in [0.29, 0.717) is 17.5 Å². The lowest BCUT2D eigenvalue weighted by molar-refractivity contribution is 0.170. The van der Waals surface area contributed by atoms with Crippen molar-refractivity contribution in [3.8, 4) is 17.2 Å². The highest BCUT2D eigenvalue weighted by Gasteiger charge is 2.37. The van der Waals surface area contributed by atoms with Crippen molar-refractivity contribution in [2.75, 3.05) is 54.6 Å². The molecule has 30 heavy (non-hydrogen) atoms. The minimum absolute atomic E-state index is 0. The quantitative estimate of drug-likeness (QED) is 0.316. The van der Waals surface area contributed by atoms with Gasteiger partial charge >= 0.3 is 0 Å². The third-order valence-corrected chi connectivity index (χ3v) is 5.96. The number of nitrogens with zero attached hydrogens (tertiary/aromatic N) is 3. The lowest BCUT2D eigenvalue weighted by Gasteiger charge is -2.36. The first-order valence-corrected chi connectivity index (χ1v) is 10.6. The summed E-state index contributed by atoms with van der Waals surface area (Å²) in [6, 6.07) is 4.62. The fraction of sp³-hybridized carbons (Fsp3) is 0.682. The molecule has 0 aromatic heterocycles. The smallest absolute Gasteiger partial charge is 0.203 e. The van der Waals surface area contributed by atoms with Gasteiger partial charge in [0.15, 0.2) is 17.5 Å². The maximum atomic E-state index is 5.64. The van der Waals surface area contributed by atoms with E-state index in [4.69, 9.17) is 14.2 Å². The van der Waals surface area contributed by atoms with Crippen LogP contribution in [-0.2, 0) is 6.54 Å². The molecule has 1 saturated heterocycles. The minimum atomic E-state index is 0. The van der Waals surface area contributed by atoms with Crippen LogP contribution in [-0.4, -0.2) is 76.4 Å². The Labute approximate surface area is 198 Å². The first-order valence-electron chi connectivity index (χ1n) is 10.6. The Balaban J connectivity index is 0.00000320. The zero-order valence-electron chi connectivity index (χ0n) is 18.9. The summed E-state index contributed by atoms with van der Waals surface area (Å²) in [5.41, 5.74) is 1.11. The van der Waals surface area contributed by atoms with Gasteiger partial charge in [-0.3, -0.25) is 9.89 Å². The van der Waals surface area contributed by atoms with E-state index < -0.39 is 0 Å². The van der Waals surface area contributed by atoms with Crippen LogP contribution in [0.25, 0.3) is 0 Å². The van der Waals surface area contributed by atoms with Gasteiger partial charge in [-0.2, -0.15) is 0 Å². The van der Waals surface area contributed by atoms with E-state index in [0.717, 1.165) is 55.9 Å². The van der Waals surface area contributed by atoms with Crippen molar-refractivity contribution in [2.45, 2.75) is 38.8 Å². The van der Waals surface area contributed by atoms with Crippen molar-refractivity contribution in [1.82, 2.24) is 15.1 Å². The Kier molecular flexibility index (Phi) is 9.80. The fourth-order valence-electron chi connectivity index (χ4n) is 4.22. The summed E-state index contributed by atoms with van der Waals surface area (Å²) < 4.78 is 16.5. The van der Waals surface area contributed by atoms with Crippen molar-refractivity contribution < 1.29 is 14.2 Å². The van der Waals surface area contributed by atoms with Gasteiger partial charge in [0.25, 0.3) is 0 Å². The van der Waals surface area contributed by atoms with E-state index >= 15 is 0 Å². The molecule has 2 fully saturated rings. The molecule has 7 nitrogen and oxygen atoms in total. The van der Waals surface area contributed by atoms with Crippen molar-refractivity contribution in [1.29, 1.82) is 0 Å². The van der Waals surface area contributed by atoms with E-state index in [-0.39, 0.29) is 24.0 Å². The van der Waals surface area contributed by atoms with Crippen LogP contribution < -0.4 is 19.5 Å². The molecular formula is C22H37IN4O3. The van der Waals surface area contributed by atoms with Gasteiger partial charge in [0.05, 0.1) is 21.3 Å². The molecule has 1 aliphatic heterocycles. The largest absolute Gasteiger partial charge is 0.493 e. The van der Waals surface area contributed by atoms with Gasteiger partial charge in [-0.15, -0.1) is 24.0 Å². The monoisotopic (exact) mass is 532 g/mol. The van der Waals surface area contributed by atoms with E-state index in [1.54, 1.807) is 21.3 Å². The summed E-state index contributed by atoms with van der Waals surface area (Å²) in [5.74, 6) is 3.98. The van der Waals surface area contributed by atoms with Crippen molar-refractivity contribution >= 4 is 29.9 Å². The van der Waals surface area contributed by atoms with E-state index in [2.05, 4.69) is 33.1 Å². The first kappa shape index (κ1) is 24.8. The Morgan fingerprint density at radius 2 is 1.77 bits per heavy atom. The second kappa shape index (κ2) is 11.8. The number of methoxy groups -OCH3 is 3. The molecule has 2 unspecified atom stereocenters. The molecule has 1 aliphatic carbocycles. The van der Waals surface area contributed by atoms with Crippen LogP contribution in [0.5, 0.6) is 17.2 Å². The SMILES string of the molecule is CCCC1CC1NC(=NC)N1CCN(Cc2ccc(OC)c(OC)c2OC)CC1.I. The van der Waals surface area contributed by atoms with Crippen LogP contribution in [0.2, 0.25) is 0 Å². The van der Waals surface area contributed by atoms with Gasteiger partial charge in [-0.1, -0.05) is 19.4 Å². The van der Waals surface area contributed by atoms with Gasteiger partial charge in [0.2, 0.25) is 5.75 Å². The first-order chi connectivity index (χ1) is 14.1. The molecule has 1 heterocycles. The number of aliphatic imine (C=N–C) groups is 1. The number of rotatable bonds is 8. The second-order valence-electron chi connectivity index (χ2n) is 7.84.